The number of aliphatic carboxylic acids is 1. The highest BCUT2D eigenvalue weighted by atomic mass is 16.5. The van der Waals surface area contributed by atoms with Crippen molar-refractivity contribution in [2.75, 3.05) is 6.61 Å². The van der Waals surface area contributed by atoms with Crippen LogP contribution in [0, 0.1) is 17.8 Å². The maximum absolute atomic E-state index is 10.5. The largest absolute Gasteiger partial charge is 0.481 e. The lowest BCUT2D eigenvalue weighted by molar-refractivity contribution is -0.144. The molecule has 0 aliphatic carbocycles. The molecule has 1 unspecified atom stereocenters. The molecule has 0 aromatic rings. The van der Waals surface area contributed by atoms with E-state index >= 15 is 0 Å². The van der Waals surface area contributed by atoms with Gasteiger partial charge in [-0.2, -0.15) is 0 Å². The Labute approximate surface area is 111 Å². The molecule has 1 N–H and O–H groups in total. The molecule has 108 valence electrons. The molecular weight excluding hydrogens is 232 g/mol. The topological polar surface area (TPSA) is 63.6 Å². The average Bonchev–Trinajstić information content (AvgIpc) is 2.25. The van der Waals surface area contributed by atoms with Crippen LogP contribution in [0.1, 0.15) is 54.4 Å². The lowest BCUT2D eigenvalue weighted by Gasteiger charge is -2.07. The predicted octanol–water partition coefficient (Wildman–Crippen LogP) is 3.35. The summed E-state index contributed by atoms with van der Waals surface area (Å²) in [7, 11) is 0. The summed E-state index contributed by atoms with van der Waals surface area (Å²) in [4.78, 5) is 20.7. The number of carboxylic acid groups (broad SMARTS) is 1. The summed E-state index contributed by atoms with van der Waals surface area (Å²) in [5, 5.41) is 8.43. The molecule has 1 atom stereocenters. The molecule has 0 bridgehead atoms. The minimum Gasteiger partial charge on any atom is -0.481 e. The minimum atomic E-state index is -0.691. The van der Waals surface area contributed by atoms with Gasteiger partial charge >= 0.3 is 11.9 Å². The maximum atomic E-state index is 10.5. The molecule has 18 heavy (non-hydrogen) atoms. The lowest BCUT2D eigenvalue weighted by Crippen LogP contribution is -2.11. The van der Waals surface area contributed by atoms with Crippen molar-refractivity contribution >= 4 is 11.9 Å². The molecular formula is C14H28O4. The van der Waals surface area contributed by atoms with Gasteiger partial charge in [0.25, 0.3) is 0 Å². The molecule has 0 aliphatic rings. The van der Waals surface area contributed by atoms with Crippen molar-refractivity contribution in [1.29, 1.82) is 0 Å². The van der Waals surface area contributed by atoms with Crippen molar-refractivity contribution in [2.24, 2.45) is 17.8 Å². The van der Waals surface area contributed by atoms with Gasteiger partial charge in [0.2, 0.25) is 0 Å². The summed E-state index contributed by atoms with van der Waals surface area (Å²) in [6.07, 6.45) is 1.25. The normalized spacial score (nSPS) is 11.8. The van der Waals surface area contributed by atoms with Crippen LogP contribution in [0.5, 0.6) is 0 Å². The Hall–Kier alpha value is -1.06. The SMILES string of the molecule is CC(C)CC(C)C(=O)O.CCC(=O)OCC(C)C. The third-order valence-corrected chi connectivity index (χ3v) is 2.11. The summed E-state index contributed by atoms with van der Waals surface area (Å²) >= 11 is 0. The molecule has 0 aromatic heterocycles. The van der Waals surface area contributed by atoms with Crippen LogP contribution in [0.4, 0.5) is 0 Å². The van der Waals surface area contributed by atoms with Gasteiger partial charge < -0.3 is 9.84 Å². The van der Waals surface area contributed by atoms with Crippen LogP contribution in [0.15, 0.2) is 0 Å². The van der Waals surface area contributed by atoms with Crippen LogP contribution in [-0.4, -0.2) is 23.7 Å². The molecule has 0 radical (unpaired) electrons. The number of hydrogen-bond donors (Lipinski definition) is 1. The van der Waals surface area contributed by atoms with E-state index in [-0.39, 0.29) is 11.9 Å². The fourth-order valence-electron chi connectivity index (χ4n) is 1.17. The molecule has 4 heteroatoms. The van der Waals surface area contributed by atoms with E-state index in [0.717, 1.165) is 6.42 Å². The lowest BCUT2D eigenvalue weighted by atomic mass is 9.99. The zero-order valence-corrected chi connectivity index (χ0v) is 12.5. The van der Waals surface area contributed by atoms with Crippen molar-refractivity contribution < 1.29 is 19.4 Å². The minimum absolute atomic E-state index is 0.108. The quantitative estimate of drug-likeness (QED) is 0.744. The highest BCUT2D eigenvalue weighted by Crippen LogP contribution is 2.09. The number of ether oxygens (including phenoxy) is 1. The van der Waals surface area contributed by atoms with E-state index in [1.165, 1.54) is 0 Å². The molecule has 0 fully saturated rings. The molecule has 0 aliphatic heterocycles. The van der Waals surface area contributed by atoms with Crippen molar-refractivity contribution in [3.05, 3.63) is 0 Å². The van der Waals surface area contributed by atoms with Crippen LogP contribution < -0.4 is 0 Å². The Morgan fingerprint density at radius 3 is 1.78 bits per heavy atom. The molecule has 0 saturated carbocycles. The zero-order valence-electron chi connectivity index (χ0n) is 12.5. The van der Waals surface area contributed by atoms with Crippen molar-refractivity contribution in [1.82, 2.24) is 0 Å². The Bertz CT molecular complexity index is 232. The van der Waals surface area contributed by atoms with E-state index < -0.39 is 5.97 Å². The Morgan fingerprint density at radius 2 is 1.56 bits per heavy atom. The average molecular weight is 260 g/mol. The second kappa shape index (κ2) is 11.1. The first kappa shape index (κ1) is 19.3. The van der Waals surface area contributed by atoms with Gasteiger partial charge in [-0.05, 0) is 18.3 Å². The van der Waals surface area contributed by atoms with Crippen molar-refractivity contribution in [2.45, 2.75) is 54.4 Å². The van der Waals surface area contributed by atoms with Crippen LogP contribution >= 0.6 is 0 Å². The third-order valence-electron chi connectivity index (χ3n) is 2.11. The van der Waals surface area contributed by atoms with Crippen LogP contribution in [0.2, 0.25) is 0 Å². The highest BCUT2D eigenvalue weighted by Gasteiger charge is 2.11. The summed E-state index contributed by atoms with van der Waals surface area (Å²) in [5.74, 6) is -0.0611. The first-order valence-electron chi connectivity index (χ1n) is 6.59. The second-order valence-electron chi connectivity index (χ2n) is 5.30. The maximum Gasteiger partial charge on any atom is 0.306 e. The smallest absolute Gasteiger partial charge is 0.306 e. The van der Waals surface area contributed by atoms with Gasteiger partial charge in [-0.15, -0.1) is 0 Å². The van der Waals surface area contributed by atoms with Gasteiger partial charge in [-0.25, -0.2) is 0 Å². The van der Waals surface area contributed by atoms with Crippen LogP contribution in [-0.2, 0) is 14.3 Å². The van der Waals surface area contributed by atoms with Crippen molar-refractivity contribution in [3.8, 4) is 0 Å². The number of carboxylic acids is 1. The molecule has 0 rings (SSSR count). The Morgan fingerprint density at radius 1 is 1.06 bits per heavy atom. The van der Waals surface area contributed by atoms with E-state index in [1.54, 1.807) is 13.8 Å². The van der Waals surface area contributed by atoms with Gasteiger partial charge in [0, 0.05) is 6.42 Å². The van der Waals surface area contributed by atoms with Crippen LogP contribution in [0.3, 0.4) is 0 Å². The molecule has 0 aromatic carbocycles. The fraction of sp³-hybridized carbons (Fsp3) is 0.857. The van der Waals surface area contributed by atoms with E-state index in [1.807, 2.05) is 27.7 Å². The van der Waals surface area contributed by atoms with E-state index in [2.05, 4.69) is 0 Å². The summed E-state index contributed by atoms with van der Waals surface area (Å²) < 4.78 is 4.81. The van der Waals surface area contributed by atoms with E-state index in [0.29, 0.717) is 24.9 Å². The van der Waals surface area contributed by atoms with E-state index in [9.17, 15) is 9.59 Å². The van der Waals surface area contributed by atoms with Gasteiger partial charge in [-0.3, -0.25) is 9.59 Å². The fourth-order valence-corrected chi connectivity index (χ4v) is 1.17. The Kier molecular flexibility index (Phi) is 11.8. The third kappa shape index (κ3) is 14.9. The number of rotatable bonds is 6. The first-order valence-corrected chi connectivity index (χ1v) is 6.59. The van der Waals surface area contributed by atoms with Crippen molar-refractivity contribution in [3.63, 3.8) is 0 Å². The van der Waals surface area contributed by atoms with Gasteiger partial charge in [0.1, 0.15) is 0 Å². The Balaban J connectivity index is 0. The molecule has 4 nitrogen and oxygen atoms in total. The number of carbonyl (C=O) groups is 2. The van der Waals surface area contributed by atoms with Gasteiger partial charge in [0.15, 0.2) is 0 Å². The second-order valence-corrected chi connectivity index (χ2v) is 5.30. The number of hydrogen-bond acceptors (Lipinski definition) is 3. The monoisotopic (exact) mass is 260 g/mol. The molecule has 0 heterocycles. The van der Waals surface area contributed by atoms with Crippen LogP contribution in [0.25, 0.3) is 0 Å². The summed E-state index contributed by atoms with van der Waals surface area (Å²) in [6.45, 7) is 12.2. The number of carbonyl (C=O) groups excluding carboxylic acids is 1. The first-order chi connectivity index (χ1) is 8.20. The van der Waals surface area contributed by atoms with Gasteiger partial charge in [0.05, 0.1) is 12.5 Å². The van der Waals surface area contributed by atoms with E-state index in [4.69, 9.17) is 9.84 Å². The molecule has 0 saturated heterocycles. The van der Waals surface area contributed by atoms with Gasteiger partial charge in [-0.1, -0.05) is 41.5 Å². The summed E-state index contributed by atoms with van der Waals surface area (Å²) in [6, 6.07) is 0. The molecule has 0 amide bonds. The standard InChI is InChI=1S/2C7H14O2/c1-5(2)4-6(3)7(8)9;1-4-7(8)9-5-6(2)3/h5-6H,4H2,1-3H3,(H,8,9);6H,4-5H2,1-3H3. The summed E-state index contributed by atoms with van der Waals surface area (Å²) in [5.41, 5.74) is 0. The molecule has 0 spiro atoms. The predicted molar refractivity (Wildman–Crippen MR) is 72.3 cm³/mol. The number of esters is 1. The zero-order chi connectivity index (χ0) is 14.7. The highest BCUT2D eigenvalue weighted by molar-refractivity contribution is 5.69.